The highest BCUT2D eigenvalue weighted by atomic mass is 79.9. The molecule has 5 heteroatoms. The molecule has 126 valence electrons. The molecule has 1 aliphatic rings. The number of nitrogens with zero attached hydrogens (tertiary/aromatic N) is 2. The summed E-state index contributed by atoms with van der Waals surface area (Å²) < 4.78 is 6.32. The fraction of sp³-hybridized carbons (Fsp3) is 0.316. The van der Waals surface area contributed by atoms with Gasteiger partial charge in [0.15, 0.2) is 0 Å². The van der Waals surface area contributed by atoms with Crippen LogP contribution in [0.15, 0.2) is 53.0 Å². The van der Waals surface area contributed by atoms with Gasteiger partial charge in [0.1, 0.15) is 5.75 Å². The average Bonchev–Trinajstić information content (AvgIpc) is 2.64. The van der Waals surface area contributed by atoms with Crippen LogP contribution in [0.25, 0.3) is 0 Å². The van der Waals surface area contributed by atoms with Crippen LogP contribution in [-0.4, -0.2) is 43.6 Å². The molecule has 2 aromatic rings. The maximum absolute atomic E-state index is 12.7. The highest BCUT2D eigenvalue weighted by Crippen LogP contribution is 2.27. The molecule has 0 radical (unpaired) electrons. The highest BCUT2D eigenvalue weighted by molar-refractivity contribution is 9.10. The van der Waals surface area contributed by atoms with E-state index < -0.39 is 0 Å². The number of carbonyl (C=O) groups excluding carboxylic acids is 1. The second kappa shape index (κ2) is 7.71. The molecule has 1 saturated heterocycles. The third kappa shape index (κ3) is 3.73. The van der Waals surface area contributed by atoms with Crippen molar-refractivity contribution in [3.8, 4) is 5.75 Å². The van der Waals surface area contributed by atoms with E-state index in [9.17, 15) is 4.79 Å². The number of amides is 1. The van der Waals surface area contributed by atoms with Crippen molar-refractivity contribution in [2.75, 3.05) is 37.7 Å². The number of ether oxygens (including phenoxy) is 1. The van der Waals surface area contributed by atoms with Gasteiger partial charge in [0, 0.05) is 37.4 Å². The van der Waals surface area contributed by atoms with Gasteiger partial charge in [0.05, 0.1) is 11.1 Å². The van der Waals surface area contributed by atoms with Crippen LogP contribution in [0.1, 0.15) is 17.3 Å². The van der Waals surface area contributed by atoms with Gasteiger partial charge in [-0.05, 0) is 53.2 Å². The van der Waals surface area contributed by atoms with Gasteiger partial charge in [-0.3, -0.25) is 4.79 Å². The van der Waals surface area contributed by atoms with Crippen LogP contribution < -0.4 is 9.64 Å². The minimum Gasteiger partial charge on any atom is -0.493 e. The molecule has 0 aromatic heterocycles. The number of halogens is 1. The summed E-state index contributed by atoms with van der Waals surface area (Å²) in [5, 5.41) is 0. The van der Waals surface area contributed by atoms with E-state index in [-0.39, 0.29) is 5.91 Å². The minimum atomic E-state index is 0.0754. The number of benzene rings is 2. The van der Waals surface area contributed by atoms with E-state index in [0.29, 0.717) is 12.2 Å². The third-order valence-electron chi connectivity index (χ3n) is 4.17. The average molecular weight is 389 g/mol. The van der Waals surface area contributed by atoms with Crippen molar-refractivity contribution in [2.45, 2.75) is 6.92 Å². The molecule has 24 heavy (non-hydrogen) atoms. The first-order valence-corrected chi connectivity index (χ1v) is 9.00. The smallest absolute Gasteiger partial charge is 0.254 e. The Morgan fingerprint density at radius 3 is 2.42 bits per heavy atom. The van der Waals surface area contributed by atoms with Crippen LogP contribution >= 0.6 is 15.9 Å². The van der Waals surface area contributed by atoms with Crippen molar-refractivity contribution in [1.82, 2.24) is 4.90 Å². The second-order valence-electron chi connectivity index (χ2n) is 5.69. The van der Waals surface area contributed by atoms with E-state index in [1.54, 1.807) is 0 Å². The number of hydrogen-bond donors (Lipinski definition) is 0. The monoisotopic (exact) mass is 388 g/mol. The third-order valence-corrected chi connectivity index (χ3v) is 4.79. The molecule has 1 amide bonds. The van der Waals surface area contributed by atoms with Crippen LogP contribution in [-0.2, 0) is 0 Å². The quantitative estimate of drug-likeness (QED) is 0.797. The first-order chi connectivity index (χ1) is 11.7. The number of hydrogen-bond acceptors (Lipinski definition) is 3. The fourth-order valence-corrected chi connectivity index (χ4v) is 3.39. The zero-order valence-corrected chi connectivity index (χ0v) is 15.3. The minimum absolute atomic E-state index is 0.0754. The molecule has 1 heterocycles. The van der Waals surface area contributed by atoms with E-state index in [4.69, 9.17) is 4.74 Å². The zero-order valence-electron chi connectivity index (χ0n) is 13.7. The largest absolute Gasteiger partial charge is 0.493 e. The first kappa shape index (κ1) is 16.8. The molecule has 0 N–H and O–H groups in total. The Kier molecular flexibility index (Phi) is 5.41. The van der Waals surface area contributed by atoms with Crippen molar-refractivity contribution in [3.63, 3.8) is 0 Å². The summed E-state index contributed by atoms with van der Waals surface area (Å²) in [5.41, 5.74) is 1.91. The Bertz CT molecular complexity index is 698. The maximum atomic E-state index is 12.7. The topological polar surface area (TPSA) is 32.8 Å². The summed E-state index contributed by atoms with van der Waals surface area (Å²) >= 11 is 3.48. The van der Waals surface area contributed by atoms with Gasteiger partial charge in [-0.25, -0.2) is 0 Å². The molecular formula is C19H21BrN2O2. The van der Waals surface area contributed by atoms with E-state index >= 15 is 0 Å². The molecule has 1 aliphatic heterocycles. The fourth-order valence-electron chi connectivity index (χ4n) is 2.90. The Morgan fingerprint density at radius 2 is 1.79 bits per heavy atom. The van der Waals surface area contributed by atoms with Crippen molar-refractivity contribution in [1.29, 1.82) is 0 Å². The van der Waals surface area contributed by atoms with E-state index in [1.165, 1.54) is 5.69 Å². The lowest BCUT2D eigenvalue weighted by molar-refractivity contribution is 0.0746. The summed E-state index contributed by atoms with van der Waals surface area (Å²) in [4.78, 5) is 16.9. The summed E-state index contributed by atoms with van der Waals surface area (Å²) in [7, 11) is 0. The van der Waals surface area contributed by atoms with Crippen LogP contribution in [0.2, 0.25) is 0 Å². The molecule has 4 nitrogen and oxygen atoms in total. The molecule has 0 atom stereocenters. The lowest BCUT2D eigenvalue weighted by Crippen LogP contribution is -2.48. The molecule has 0 aliphatic carbocycles. The molecule has 0 bridgehead atoms. The Labute approximate surface area is 151 Å². The number of anilines is 1. The van der Waals surface area contributed by atoms with Crippen LogP contribution in [0.5, 0.6) is 5.75 Å². The van der Waals surface area contributed by atoms with E-state index in [0.717, 1.165) is 36.4 Å². The summed E-state index contributed by atoms with van der Waals surface area (Å²) in [6.45, 7) is 5.73. The second-order valence-corrected chi connectivity index (χ2v) is 6.55. The van der Waals surface area contributed by atoms with Crippen molar-refractivity contribution in [3.05, 3.63) is 58.6 Å². The maximum Gasteiger partial charge on any atom is 0.254 e. The van der Waals surface area contributed by atoms with Gasteiger partial charge in [-0.1, -0.05) is 18.2 Å². The molecule has 0 unspecified atom stereocenters. The number of piperazine rings is 1. The van der Waals surface area contributed by atoms with E-state index in [2.05, 4.69) is 33.0 Å². The number of carbonyl (C=O) groups is 1. The standard InChI is InChI=1S/C19H21BrN2O2/c1-2-24-18-9-8-15(14-17(18)20)19(23)22-12-10-21(11-13-22)16-6-4-3-5-7-16/h3-9,14H,2,10-13H2,1H3. The van der Waals surface area contributed by atoms with Gasteiger partial charge in [0.25, 0.3) is 5.91 Å². The Hall–Kier alpha value is -2.01. The van der Waals surface area contributed by atoms with Crippen molar-refractivity contribution >= 4 is 27.5 Å². The Balaban J connectivity index is 1.64. The summed E-state index contributed by atoms with van der Waals surface area (Å²) in [5.74, 6) is 0.842. The van der Waals surface area contributed by atoms with Gasteiger partial charge in [-0.2, -0.15) is 0 Å². The van der Waals surface area contributed by atoms with Gasteiger partial charge < -0.3 is 14.5 Å². The molecule has 2 aromatic carbocycles. The SMILES string of the molecule is CCOc1ccc(C(=O)N2CCN(c3ccccc3)CC2)cc1Br. The predicted octanol–water partition coefficient (Wildman–Crippen LogP) is 3.81. The van der Waals surface area contributed by atoms with Gasteiger partial charge in [0.2, 0.25) is 0 Å². The molecule has 3 rings (SSSR count). The van der Waals surface area contributed by atoms with Gasteiger partial charge in [-0.15, -0.1) is 0 Å². The summed E-state index contributed by atoms with van der Waals surface area (Å²) in [6.07, 6.45) is 0. The molecule has 0 saturated carbocycles. The molecular weight excluding hydrogens is 368 g/mol. The zero-order chi connectivity index (χ0) is 16.9. The number of para-hydroxylation sites is 1. The lowest BCUT2D eigenvalue weighted by atomic mass is 10.1. The Morgan fingerprint density at radius 1 is 1.08 bits per heavy atom. The lowest BCUT2D eigenvalue weighted by Gasteiger charge is -2.36. The normalized spacial score (nSPS) is 14.6. The van der Waals surface area contributed by atoms with Crippen LogP contribution in [0, 0.1) is 0 Å². The molecule has 0 spiro atoms. The van der Waals surface area contributed by atoms with Crippen LogP contribution in [0.4, 0.5) is 5.69 Å². The van der Waals surface area contributed by atoms with Crippen LogP contribution in [0.3, 0.4) is 0 Å². The van der Waals surface area contributed by atoms with Crippen molar-refractivity contribution in [2.24, 2.45) is 0 Å². The van der Waals surface area contributed by atoms with E-state index in [1.807, 2.05) is 48.2 Å². The number of rotatable bonds is 4. The summed E-state index contributed by atoms with van der Waals surface area (Å²) in [6, 6.07) is 15.9. The molecule has 1 fully saturated rings. The van der Waals surface area contributed by atoms with Crippen molar-refractivity contribution < 1.29 is 9.53 Å². The van der Waals surface area contributed by atoms with Gasteiger partial charge >= 0.3 is 0 Å². The predicted molar refractivity (Wildman–Crippen MR) is 99.9 cm³/mol. The highest BCUT2D eigenvalue weighted by Gasteiger charge is 2.22. The first-order valence-electron chi connectivity index (χ1n) is 8.20.